The van der Waals surface area contributed by atoms with Crippen molar-refractivity contribution in [3.05, 3.63) is 24.1 Å². The van der Waals surface area contributed by atoms with Gasteiger partial charge in [0.1, 0.15) is 5.52 Å². The molecule has 108 valence electrons. The van der Waals surface area contributed by atoms with Gasteiger partial charge >= 0.3 is 0 Å². The molecule has 3 rings (SSSR count). The molecule has 1 aliphatic heterocycles. The minimum atomic E-state index is 0. The SMILES string of the molecule is CCc1nc2cc(NC(=O)C3CCNC3)ccc2o1.Cl. The number of nitrogens with one attached hydrogen (secondary N) is 2. The average molecular weight is 296 g/mol. The van der Waals surface area contributed by atoms with Gasteiger partial charge in [0.25, 0.3) is 0 Å². The first-order valence-electron chi connectivity index (χ1n) is 6.67. The molecule has 1 saturated heterocycles. The van der Waals surface area contributed by atoms with E-state index in [0.29, 0.717) is 0 Å². The summed E-state index contributed by atoms with van der Waals surface area (Å²) in [6.07, 6.45) is 1.67. The zero-order valence-electron chi connectivity index (χ0n) is 11.3. The Hall–Kier alpha value is -1.59. The Bertz CT molecular complexity index is 605. The lowest BCUT2D eigenvalue weighted by Gasteiger charge is -2.09. The molecular formula is C14H18ClN3O2. The van der Waals surface area contributed by atoms with E-state index in [2.05, 4.69) is 15.6 Å². The molecule has 1 aromatic heterocycles. The van der Waals surface area contributed by atoms with Crippen LogP contribution in [0.15, 0.2) is 22.6 Å². The monoisotopic (exact) mass is 295 g/mol. The lowest BCUT2D eigenvalue weighted by Crippen LogP contribution is -2.24. The number of carbonyl (C=O) groups is 1. The third kappa shape index (κ3) is 2.94. The molecule has 0 radical (unpaired) electrons. The van der Waals surface area contributed by atoms with Crippen molar-refractivity contribution >= 4 is 35.1 Å². The molecular weight excluding hydrogens is 278 g/mol. The highest BCUT2D eigenvalue weighted by atomic mass is 35.5. The van der Waals surface area contributed by atoms with Crippen LogP contribution in [0.3, 0.4) is 0 Å². The number of oxazole rings is 1. The number of hydrogen-bond donors (Lipinski definition) is 2. The summed E-state index contributed by atoms with van der Waals surface area (Å²) in [6.45, 7) is 3.68. The van der Waals surface area contributed by atoms with Crippen molar-refractivity contribution in [1.82, 2.24) is 10.3 Å². The van der Waals surface area contributed by atoms with E-state index in [9.17, 15) is 4.79 Å². The van der Waals surface area contributed by atoms with Crippen molar-refractivity contribution in [1.29, 1.82) is 0 Å². The van der Waals surface area contributed by atoms with Crippen molar-refractivity contribution in [3.63, 3.8) is 0 Å². The van der Waals surface area contributed by atoms with Crippen LogP contribution in [0.1, 0.15) is 19.2 Å². The molecule has 2 heterocycles. The fourth-order valence-electron chi connectivity index (χ4n) is 2.33. The normalized spacial score (nSPS) is 17.9. The van der Waals surface area contributed by atoms with Crippen molar-refractivity contribution < 1.29 is 9.21 Å². The second-order valence-corrected chi connectivity index (χ2v) is 4.82. The van der Waals surface area contributed by atoms with Crippen LogP contribution in [-0.4, -0.2) is 24.0 Å². The van der Waals surface area contributed by atoms with Crippen LogP contribution < -0.4 is 10.6 Å². The Labute approximate surface area is 123 Å². The van der Waals surface area contributed by atoms with E-state index in [1.54, 1.807) is 0 Å². The largest absolute Gasteiger partial charge is 0.441 e. The number of aromatic nitrogens is 1. The molecule has 1 aromatic carbocycles. The molecule has 2 aromatic rings. The lowest BCUT2D eigenvalue weighted by atomic mass is 10.1. The molecule has 6 heteroatoms. The van der Waals surface area contributed by atoms with E-state index < -0.39 is 0 Å². The number of hydrogen-bond acceptors (Lipinski definition) is 4. The Morgan fingerprint density at radius 3 is 3.10 bits per heavy atom. The van der Waals surface area contributed by atoms with Gasteiger partial charge in [0.2, 0.25) is 5.91 Å². The zero-order chi connectivity index (χ0) is 13.2. The van der Waals surface area contributed by atoms with E-state index in [-0.39, 0.29) is 24.2 Å². The highest BCUT2D eigenvalue weighted by molar-refractivity contribution is 5.94. The van der Waals surface area contributed by atoms with Gasteiger partial charge in [0.05, 0.1) is 5.92 Å². The van der Waals surface area contributed by atoms with Crippen LogP contribution in [0, 0.1) is 5.92 Å². The van der Waals surface area contributed by atoms with E-state index in [4.69, 9.17) is 4.42 Å². The minimum absolute atomic E-state index is 0. The first kappa shape index (κ1) is 14.8. The smallest absolute Gasteiger partial charge is 0.228 e. The lowest BCUT2D eigenvalue weighted by molar-refractivity contribution is -0.119. The second kappa shape index (κ2) is 6.24. The van der Waals surface area contributed by atoms with E-state index in [1.165, 1.54) is 0 Å². The van der Waals surface area contributed by atoms with E-state index in [1.807, 2.05) is 25.1 Å². The van der Waals surface area contributed by atoms with Crippen molar-refractivity contribution in [2.75, 3.05) is 18.4 Å². The van der Waals surface area contributed by atoms with Gasteiger partial charge in [-0.3, -0.25) is 4.79 Å². The maximum absolute atomic E-state index is 12.0. The second-order valence-electron chi connectivity index (χ2n) is 4.82. The van der Waals surface area contributed by atoms with Gasteiger partial charge in [-0.1, -0.05) is 6.92 Å². The first-order chi connectivity index (χ1) is 9.26. The molecule has 0 spiro atoms. The third-order valence-electron chi connectivity index (χ3n) is 3.43. The number of rotatable bonds is 3. The molecule has 0 bridgehead atoms. The molecule has 1 fully saturated rings. The van der Waals surface area contributed by atoms with E-state index in [0.717, 1.165) is 48.6 Å². The first-order valence-corrected chi connectivity index (χ1v) is 6.67. The number of halogens is 1. The summed E-state index contributed by atoms with van der Waals surface area (Å²) in [6, 6.07) is 5.56. The molecule has 2 N–H and O–H groups in total. The van der Waals surface area contributed by atoms with Crippen molar-refractivity contribution in [2.45, 2.75) is 19.8 Å². The molecule has 0 saturated carbocycles. The van der Waals surface area contributed by atoms with Crippen LogP contribution in [0.4, 0.5) is 5.69 Å². The summed E-state index contributed by atoms with van der Waals surface area (Å²) < 4.78 is 5.54. The summed E-state index contributed by atoms with van der Waals surface area (Å²) in [5.74, 6) is 0.862. The third-order valence-corrected chi connectivity index (χ3v) is 3.43. The fraction of sp³-hybridized carbons (Fsp3) is 0.429. The van der Waals surface area contributed by atoms with Gasteiger partial charge in [-0.25, -0.2) is 4.98 Å². The highest BCUT2D eigenvalue weighted by Gasteiger charge is 2.22. The van der Waals surface area contributed by atoms with Crippen molar-refractivity contribution in [2.24, 2.45) is 5.92 Å². The Kier molecular flexibility index (Phi) is 4.62. The Morgan fingerprint density at radius 1 is 1.55 bits per heavy atom. The summed E-state index contributed by atoms with van der Waals surface area (Å²) in [5, 5.41) is 6.13. The van der Waals surface area contributed by atoms with Crippen LogP contribution in [0.5, 0.6) is 0 Å². The summed E-state index contributed by atoms with van der Waals surface area (Å²) >= 11 is 0. The standard InChI is InChI=1S/C14H17N3O2.ClH/c1-2-13-17-11-7-10(3-4-12(11)19-13)16-14(18)9-5-6-15-8-9;/h3-4,7,9,15H,2,5-6,8H2,1H3,(H,16,18);1H. The fourth-order valence-corrected chi connectivity index (χ4v) is 2.33. The van der Waals surface area contributed by atoms with Crippen LogP contribution in [0.25, 0.3) is 11.1 Å². The summed E-state index contributed by atoms with van der Waals surface area (Å²) in [7, 11) is 0. The number of amides is 1. The molecule has 0 aliphatic carbocycles. The molecule has 1 atom stereocenters. The summed E-state index contributed by atoms with van der Waals surface area (Å²) in [5.41, 5.74) is 2.33. The number of fused-ring (bicyclic) bond motifs is 1. The van der Waals surface area contributed by atoms with Gasteiger partial charge in [0.15, 0.2) is 11.5 Å². The molecule has 5 nitrogen and oxygen atoms in total. The average Bonchev–Trinajstić information content (AvgIpc) is 3.07. The number of benzene rings is 1. The van der Waals surface area contributed by atoms with Crippen molar-refractivity contribution in [3.8, 4) is 0 Å². The van der Waals surface area contributed by atoms with Gasteiger partial charge in [0, 0.05) is 18.7 Å². The molecule has 1 amide bonds. The van der Waals surface area contributed by atoms with Gasteiger partial charge in [-0.15, -0.1) is 12.4 Å². The number of carbonyl (C=O) groups excluding carboxylic acids is 1. The number of aryl methyl sites for hydroxylation is 1. The quantitative estimate of drug-likeness (QED) is 0.912. The predicted octanol–water partition coefficient (Wildman–Crippen LogP) is 2.36. The van der Waals surface area contributed by atoms with Gasteiger partial charge < -0.3 is 15.1 Å². The topological polar surface area (TPSA) is 67.2 Å². The molecule has 20 heavy (non-hydrogen) atoms. The van der Waals surface area contributed by atoms with E-state index >= 15 is 0 Å². The van der Waals surface area contributed by atoms with Crippen LogP contribution >= 0.6 is 12.4 Å². The maximum atomic E-state index is 12.0. The van der Waals surface area contributed by atoms with Gasteiger partial charge in [-0.05, 0) is 31.2 Å². The Balaban J connectivity index is 0.00000147. The zero-order valence-corrected chi connectivity index (χ0v) is 12.1. The number of nitrogens with zero attached hydrogens (tertiary/aromatic N) is 1. The Morgan fingerprint density at radius 2 is 2.40 bits per heavy atom. The molecule has 1 unspecified atom stereocenters. The highest BCUT2D eigenvalue weighted by Crippen LogP contribution is 2.21. The summed E-state index contributed by atoms with van der Waals surface area (Å²) in [4.78, 5) is 16.4. The van der Waals surface area contributed by atoms with Crippen LogP contribution in [-0.2, 0) is 11.2 Å². The molecule has 1 aliphatic rings. The van der Waals surface area contributed by atoms with Gasteiger partial charge in [-0.2, -0.15) is 0 Å². The van der Waals surface area contributed by atoms with Crippen LogP contribution in [0.2, 0.25) is 0 Å². The maximum Gasteiger partial charge on any atom is 0.228 e. The predicted molar refractivity (Wildman–Crippen MR) is 80.2 cm³/mol. The minimum Gasteiger partial charge on any atom is -0.441 e. The number of anilines is 1.